The summed E-state index contributed by atoms with van der Waals surface area (Å²) in [4.78, 5) is 16.2. The summed E-state index contributed by atoms with van der Waals surface area (Å²) in [6.45, 7) is 1.93. The first-order valence-corrected chi connectivity index (χ1v) is 7.72. The van der Waals surface area contributed by atoms with Gasteiger partial charge in [-0.3, -0.25) is 4.79 Å². The maximum atomic E-state index is 11.9. The Labute approximate surface area is 119 Å². The van der Waals surface area contributed by atoms with Crippen LogP contribution in [0.4, 0.5) is 5.13 Å². The number of thioether (sulfide) groups is 1. The van der Waals surface area contributed by atoms with Gasteiger partial charge in [-0.1, -0.05) is 23.5 Å². The molecule has 1 heterocycles. The van der Waals surface area contributed by atoms with Gasteiger partial charge < -0.3 is 10.4 Å². The van der Waals surface area contributed by atoms with Crippen LogP contribution in [-0.2, 0) is 11.2 Å². The summed E-state index contributed by atoms with van der Waals surface area (Å²) in [5.74, 6) is 0.0939. The molecular weight excluding hydrogens is 280 g/mol. The lowest BCUT2D eigenvalue weighted by molar-refractivity contribution is -0.115. The van der Waals surface area contributed by atoms with E-state index in [1.54, 1.807) is 36.0 Å². The second kappa shape index (κ2) is 6.08. The Bertz CT molecular complexity index is 579. The molecule has 1 aromatic heterocycles. The van der Waals surface area contributed by atoms with Crippen LogP contribution in [0.1, 0.15) is 11.3 Å². The molecule has 0 atom stereocenters. The predicted octanol–water partition coefficient (Wildman–Crippen LogP) is 3.06. The number of carbonyl (C=O) groups excluding carboxylic acids is 1. The number of hydrogen-bond donors (Lipinski definition) is 2. The summed E-state index contributed by atoms with van der Waals surface area (Å²) < 4.78 is 1.11. The van der Waals surface area contributed by atoms with Crippen molar-refractivity contribution in [1.82, 2.24) is 4.98 Å². The molecular formula is C13H14N2O2S2. The highest BCUT2D eigenvalue weighted by Gasteiger charge is 2.10. The third kappa shape index (κ3) is 3.71. The smallest absolute Gasteiger partial charge is 0.230 e. The molecule has 0 aliphatic heterocycles. The van der Waals surface area contributed by atoms with Crippen molar-refractivity contribution in [2.75, 3.05) is 11.6 Å². The molecule has 0 radical (unpaired) electrons. The molecule has 1 aromatic carbocycles. The Kier molecular flexibility index (Phi) is 4.44. The van der Waals surface area contributed by atoms with Gasteiger partial charge in [0.2, 0.25) is 5.91 Å². The summed E-state index contributed by atoms with van der Waals surface area (Å²) in [7, 11) is 0. The highest BCUT2D eigenvalue weighted by atomic mass is 32.2. The van der Waals surface area contributed by atoms with Crippen molar-refractivity contribution >= 4 is 34.1 Å². The molecule has 0 aliphatic carbocycles. The number of thiazole rings is 1. The molecule has 2 rings (SSSR count). The van der Waals surface area contributed by atoms with Crippen molar-refractivity contribution in [2.45, 2.75) is 17.6 Å². The van der Waals surface area contributed by atoms with E-state index in [4.69, 9.17) is 0 Å². The number of phenolic OH excluding ortho intramolecular Hbond substituents is 1. The van der Waals surface area contributed by atoms with Crippen LogP contribution < -0.4 is 5.32 Å². The Morgan fingerprint density at radius 3 is 2.68 bits per heavy atom. The number of aromatic nitrogens is 1. The maximum absolute atomic E-state index is 11.9. The number of aromatic hydroxyl groups is 1. The van der Waals surface area contributed by atoms with Crippen molar-refractivity contribution in [1.29, 1.82) is 0 Å². The lowest BCUT2D eigenvalue weighted by Gasteiger charge is -2.02. The number of nitrogens with zero attached hydrogens (tertiary/aromatic N) is 1. The summed E-state index contributed by atoms with van der Waals surface area (Å²) >= 11 is 3.11. The number of aryl methyl sites for hydroxylation is 1. The SMILES string of the molecule is CSc1sc(NC(=O)Cc2ccc(O)cc2)nc1C. The fraction of sp³-hybridized carbons (Fsp3) is 0.231. The van der Waals surface area contributed by atoms with E-state index in [1.165, 1.54) is 11.3 Å². The van der Waals surface area contributed by atoms with Gasteiger partial charge in [-0.05, 0) is 30.9 Å². The van der Waals surface area contributed by atoms with E-state index < -0.39 is 0 Å². The zero-order chi connectivity index (χ0) is 13.8. The van der Waals surface area contributed by atoms with Crippen LogP contribution in [0.2, 0.25) is 0 Å². The van der Waals surface area contributed by atoms with Gasteiger partial charge in [-0.15, -0.1) is 11.8 Å². The molecule has 100 valence electrons. The Balaban J connectivity index is 1.99. The van der Waals surface area contributed by atoms with Crippen LogP contribution in [0, 0.1) is 6.92 Å². The highest BCUT2D eigenvalue weighted by molar-refractivity contribution is 8.00. The van der Waals surface area contributed by atoms with E-state index in [2.05, 4.69) is 10.3 Å². The fourth-order valence-electron chi connectivity index (χ4n) is 1.59. The highest BCUT2D eigenvalue weighted by Crippen LogP contribution is 2.30. The van der Waals surface area contributed by atoms with Crippen molar-refractivity contribution in [3.63, 3.8) is 0 Å². The summed E-state index contributed by atoms with van der Waals surface area (Å²) in [6.07, 6.45) is 2.26. The minimum Gasteiger partial charge on any atom is -0.508 e. The molecule has 0 aliphatic rings. The molecule has 0 spiro atoms. The Morgan fingerprint density at radius 1 is 1.42 bits per heavy atom. The van der Waals surface area contributed by atoms with Gasteiger partial charge in [-0.25, -0.2) is 4.98 Å². The molecule has 0 saturated carbocycles. The maximum Gasteiger partial charge on any atom is 0.230 e. The molecule has 0 fully saturated rings. The predicted molar refractivity (Wildman–Crippen MR) is 79.1 cm³/mol. The first-order chi connectivity index (χ1) is 9.08. The zero-order valence-electron chi connectivity index (χ0n) is 10.6. The molecule has 0 unspecified atom stereocenters. The van der Waals surface area contributed by atoms with Gasteiger partial charge in [0.15, 0.2) is 5.13 Å². The van der Waals surface area contributed by atoms with Gasteiger partial charge in [-0.2, -0.15) is 0 Å². The number of anilines is 1. The molecule has 0 saturated heterocycles. The minimum atomic E-state index is -0.105. The molecule has 0 bridgehead atoms. The summed E-state index contributed by atoms with van der Waals surface area (Å²) in [5, 5.41) is 12.6. The van der Waals surface area contributed by atoms with Gasteiger partial charge in [0.05, 0.1) is 16.3 Å². The van der Waals surface area contributed by atoms with Crippen molar-refractivity contribution in [3.05, 3.63) is 35.5 Å². The van der Waals surface area contributed by atoms with Crippen molar-refractivity contribution in [2.24, 2.45) is 0 Å². The van der Waals surface area contributed by atoms with Gasteiger partial charge >= 0.3 is 0 Å². The quantitative estimate of drug-likeness (QED) is 0.851. The zero-order valence-corrected chi connectivity index (χ0v) is 12.3. The largest absolute Gasteiger partial charge is 0.508 e. The van der Waals surface area contributed by atoms with Crippen LogP contribution in [-0.4, -0.2) is 22.3 Å². The third-order valence-electron chi connectivity index (χ3n) is 2.49. The molecule has 1 amide bonds. The lowest BCUT2D eigenvalue weighted by atomic mass is 10.1. The second-order valence-electron chi connectivity index (χ2n) is 3.99. The molecule has 4 nitrogen and oxygen atoms in total. The van der Waals surface area contributed by atoms with E-state index in [0.717, 1.165) is 15.5 Å². The van der Waals surface area contributed by atoms with Gasteiger partial charge in [0.25, 0.3) is 0 Å². The number of nitrogens with one attached hydrogen (secondary N) is 1. The number of phenols is 1. The number of benzene rings is 1. The van der Waals surface area contributed by atoms with E-state index in [1.807, 2.05) is 13.2 Å². The molecule has 19 heavy (non-hydrogen) atoms. The van der Waals surface area contributed by atoms with Gasteiger partial charge in [0.1, 0.15) is 5.75 Å². The normalized spacial score (nSPS) is 10.4. The van der Waals surface area contributed by atoms with Crippen molar-refractivity contribution < 1.29 is 9.90 Å². The topological polar surface area (TPSA) is 62.2 Å². The van der Waals surface area contributed by atoms with Crippen LogP contribution in [0.5, 0.6) is 5.75 Å². The monoisotopic (exact) mass is 294 g/mol. The minimum absolute atomic E-state index is 0.105. The third-order valence-corrected chi connectivity index (χ3v) is 4.77. The number of carbonyl (C=O) groups is 1. The first kappa shape index (κ1) is 13.9. The van der Waals surface area contributed by atoms with Crippen LogP contribution in [0.15, 0.2) is 28.5 Å². The summed E-state index contributed by atoms with van der Waals surface area (Å²) in [6, 6.07) is 6.61. The van der Waals surface area contributed by atoms with E-state index in [-0.39, 0.29) is 18.1 Å². The van der Waals surface area contributed by atoms with Crippen LogP contribution in [0.25, 0.3) is 0 Å². The summed E-state index contributed by atoms with van der Waals surface area (Å²) in [5.41, 5.74) is 1.80. The molecule has 2 aromatic rings. The number of rotatable bonds is 4. The van der Waals surface area contributed by atoms with Crippen LogP contribution in [0.3, 0.4) is 0 Å². The standard InChI is InChI=1S/C13H14N2O2S2/c1-8-12(18-2)19-13(14-8)15-11(17)7-9-3-5-10(16)6-4-9/h3-6,16H,7H2,1-2H3,(H,14,15,17). The van der Waals surface area contributed by atoms with Crippen LogP contribution >= 0.6 is 23.1 Å². The second-order valence-corrected chi connectivity index (χ2v) is 6.06. The lowest BCUT2D eigenvalue weighted by Crippen LogP contribution is -2.14. The van der Waals surface area contributed by atoms with E-state index >= 15 is 0 Å². The Morgan fingerprint density at radius 2 is 2.11 bits per heavy atom. The fourth-order valence-corrected chi connectivity index (χ4v) is 3.22. The molecule has 6 heteroatoms. The van der Waals surface area contributed by atoms with Crippen molar-refractivity contribution in [3.8, 4) is 5.75 Å². The van der Waals surface area contributed by atoms with Gasteiger partial charge in [0, 0.05) is 0 Å². The average Bonchev–Trinajstić information content (AvgIpc) is 2.72. The first-order valence-electron chi connectivity index (χ1n) is 5.67. The van der Waals surface area contributed by atoms with E-state index in [9.17, 15) is 9.90 Å². The number of amides is 1. The molecule has 2 N–H and O–H groups in total. The van der Waals surface area contributed by atoms with E-state index in [0.29, 0.717) is 5.13 Å². The Hall–Kier alpha value is -1.53. The average molecular weight is 294 g/mol. The number of hydrogen-bond acceptors (Lipinski definition) is 5.